The largest absolute Gasteiger partial charge is 0.385 e. The van der Waals surface area contributed by atoms with E-state index in [1.165, 1.54) is 12.8 Å². The maximum atomic E-state index is 11.8. The molecule has 88 valence electrons. The number of hydrogen-bond acceptors (Lipinski definition) is 3. The molecule has 3 aliphatic rings. The highest BCUT2D eigenvalue weighted by atomic mass is 16.5. The van der Waals surface area contributed by atoms with E-state index in [9.17, 15) is 4.79 Å². The van der Waals surface area contributed by atoms with Crippen LogP contribution in [0.3, 0.4) is 0 Å². The van der Waals surface area contributed by atoms with Gasteiger partial charge in [0, 0.05) is 32.6 Å². The van der Waals surface area contributed by atoms with Gasteiger partial charge in [0.2, 0.25) is 0 Å². The number of carbonyl (C=O) groups excluding carboxylic acids is 1. The van der Waals surface area contributed by atoms with Crippen LogP contribution in [0, 0.1) is 5.92 Å². The van der Waals surface area contributed by atoms with Crippen LogP contribution in [0.25, 0.3) is 0 Å². The third kappa shape index (κ3) is 1.42. The number of hydrogen-bond donors (Lipinski definition) is 1. The molecule has 1 saturated carbocycles. The Balaban J connectivity index is 1.85. The van der Waals surface area contributed by atoms with Crippen molar-refractivity contribution in [3.05, 3.63) is 0 Å². The molecule has 0 aromatic heterocycles. The highest BCUT2D eigenvalue weighted by molar-refractivity contribution is 6.05. The highest BCUT2D eigenvalue weighted by Gasteiger charge is 2.50. The van der Waals surface area contributed by atoms with Gasteiger partial charge < -0.3 is 15.4 Å². The minimum Gasteiger partial charge on any atom is -0.385 e. The number of amides is 2. The number of ether oxygens (including phenoxy) is 1. The molecule has 0 aromatic carbocycles. The van der Waals surface area contributed by atoms with E-state index in [1.54, 1.807) is 0 Å². The standard InChI is InChI=1S/C11H17N3O2/c12-9-11(3-5-16-6-4-11)14(10(15)13-9)7-8-1-2-8/h8H,1-7H2,(H2,12,13,15). The molecule has 0 aromatic rings. The molecule has 5 nitrogen and oxygen atoms in total. The molecule has 0 radical (unpaired) electrons. The summed E-state index contributed by atoms with van der Waals surface area (Å²) in [5, 5.41) is 0. The summed E-state index contributed by atoms with van der Waals surface area (Å²) in [5.74, 6) is 1.17. The van der Waals surface area contributed by atoms with Crippen molar-refractivity contribution in [2.75, 3.05) is 19.8 Å². The summed E-state index contributed by atoms with van der Waals surface area (Å²) in [6.45, 7) is 2.17. The molecular formula is C11H17N3O2. The minimum absolute atomic E-state index is 0.147. The molecule has 2 amide bonds. The smallest absolute Gasteiger partial charge is 0.346 e. The lowest BCUT2D eigenvalue weighted by atomic mass is 9.87. The summed E-state index contributed by atoms with van der Waals surface area (Å²) in [6, 6.07) is -0.147. The Hall–Kier alpha value is -1.10. The van der Waals surface area contributed by atoms with Gasteiger partial charge in [-0.05, 0) is 18.8 Å². The van der Waals surface area contributed by atoms with Gasteiger partial charge in [0.25, 0.3) is 0 Å². The number of urea groups is 1. The van der Waals surface area contributed by atoms with E-state index in [-0.39, 0.29) is 11.6 Å². The third-order valence-electron chi connectivity index (χ3n) is 3.90. The van der Waals surface area contributed by atoms with Crippen molar-refractivity contribution >= 4 is 11.9 Å². The van der Waals surface area contributed by atoms with Crippen LogP contribution in [-0.2, 0) is 4.74 Å². The van der Waals surface area contributed by atoms with Gasteiger partial charge in [-0.3, -0.25) is 0 Å². The molecule has 0 bridgehead atoms. The second-order valence-electron chi connectivity index (χ2n) is 4.98. The highest BCUT2D eigenvalue weighted by Crippen LogP contribution is 2.38. The van der Waals surface area contributed by atoms with Gasteiger partial charge in [0.1, 0.15) is 11.4 Å². The Morgan fingerprint density at radius 2 is 2.12 bits per heavy atom. The van der Waals surface area contributed by atoms with Crippen molar-refractivity contribution in [1.82, 2.24) is 4.90 Å². The Morgan fingerprint density at radius 1 is 1.44 bits per heavy atom. The summed E-state index contributed by atoms with van der Waals surface area (Å²) >= 11 is 0. The summed E-state index contributed by atoms with van der Waals surface area (Å²) in [7, 11) is 0. The molecule has 1 spiro atoms. The van der Waals surface area contributed by atoms with Crippen LogP contribution < -0.4 is 5.73 Å². The van der Waals surface area contributed by atoms with E-state index in [1.807, 2.05) is 4.90 Å². The molecule has 2 aliphatic heterocycles. The zero-order valence-electron chi connectivity index (χ0n) is 9.32. The quantitative estimate of drug-likeness (QED) is 0.750. The van der Waals surface area contributed by atoms with Crippen LogP contribution >= 0.6 is 0 Å². The first-order valence-electron chi connectivity index (χ1n) is 5.96. The zero-order chi connectivity index (χ0) is 11.2. The molecule has 1 aliphatic carbocycles. The molecule has 0 atom stereocenters. The van der Waals surface area contributed by atoms with Gasteiger partial charge in [-0.25, -0.2) is 4.79 Å². The molecule has 0 unspecified atom stereocenters. The zero-order valence-corrected chi connectivity index (χ0v) is 9.32. The first-order valence-corrected chi connectivity index (χ1v) is 5.96. The van der Waals surface area contributed by atoms with Crippen molar-refractivity contribution in [2.24, 2.45) is 16.6 Å². The fourth-order valence-electron chi connectivity index (χ4n) is 2.64. The Kier molecular flexibility index (Phi) is 2.17. The van der Waals surface area contributed by atoms with Crippen molar-refractivity contribution in [1.29, 1.82) is 0 Å². The molecule has 2 N–H and O–H groups in total. The van der Waals surface area contributed by atoms with Crippen LogP contribution in [0.4, 0.5) is 4.79 Å². The van der Waals surface area contributed by atoms with Crippen molar-refractivity contribution in [3.63, 3.8) is 0 Å². The normalized spacial score (nSPS) is 28.6. The number of nitrogens with two attached hydrogens (primary N) is 1. The lowest BCUT2D eigenvalue weighted by Gasteiger charge is -2.40. The van der Waals surface area contributed by atoms with Crippen LogP contribution in [0.5, 0.6) is 0 Å². The van der Waals surface area contributed by atoms with Crippen LogP contribution in [0.2, 0.25) is 0 Å². The lowest BCUT2D eigenvalue weighted by molar-refractivity contribution is 0.0264. The second-order valence-corrected chi connectivity index (χ2v) is 4.98. The minimum atomic E-state index is -0.322. The van der Waals surface area contributed by atoms with Crippen molar-refractivity contribution in [3.8, 4) is 0 Å². The number of carbonyl (C=O) groups is 1. The molecule has 16 heavy (non-hydrogen) atoms. The van der Waals surface area contributed by atoms with E-state index in [2.05, 4.69) is 4.99 Å². The van der Waals surface area contributed by atoms with Crippen LogP contribution in [-0.4, -0.2) is 42.1 Å². The van der Waals surface area contributed by atoms with Crippen molar-refractivity contribution in [2.45, 2.75) is 31.2 Å². The van der Waals surface area contributed by atoms with E-state index in [4.69, 9.17) is 10.5 Å². The lowest BCUT2D eigenvalue weighted by Crippen LogP contribution is -2.57. The van der Waals surface area contributed by atoms with Crippen molar-refractivity contribution < 1.29 is 9.53 Å². The summed E-state index contributed by atoms with van der Waals surface area (Å²) in [4.78, 5) is 17.7. The van der Waals surface area contributed by atoms with Gasteiger partial charge in [0.15, 0.2) is 0 Å². The monoisotopic (exact) mass is 223 g/mol. The maximum Gasteiger partial charge on any atom is 0.346 e. The van der Waals surface area contributed by atoms with Crippen LogP contribution in [0.15, 0.2) is 4.99 Å². The van der Waals surface area contributed by atoms with Gasteiger partial charge >= 0.3 is 6.03 Å². The molecule has 1 saturated heterocycles. The van der Waals surface area contributed by atoms with E-state index in [0.29, 0.717) is 25.0 Å². The summed E-state index contributed by atoms with van der Waals surface area (Å²) < 4.78 is 5.36. The summed E-state index contributed by atoms with van der Waals surface area (Å²) in [5.41, 5.74) is 5.63. The number of nitrogens with zero attached hydrogens (tertiary/aromatic N) is 2. The fourth-order valence-corrected chi connectivity index (χ4v) is 2.64. The predicted molar refractivity (Wildman–Crippen MR) is 59.2 cm³/mol. The van der Waals surface area contributed by atoms with Gasteiger partial charge in [-0.2, -0.15) is 4.99 Å². The number of rotatable bonds is 2. The molecule has 2 heterocycles. The van der Waals surface area contributed by atoms with Gasteiger partial charge in [-0.1, -0.05) is 0 Å². The fraction of sp³-hybridized carbons (Fsp3) is 0.818. The van der Waals surface area contributed by atoms with Gasteiger partial charge in [0.05, 0.1) is 0 Å². The summed E-state index contributed by atoms with van der Waals surface area (Å²) in [6.07, 6.45) is 4.05. The third-order valence-corrected chi connectivity index (χ3v) is 3.90. The second kappa shape index (κ2) is 3.45. The van der Waals surface area contributed by atoms with Crippen LogP contribution in [0.1, 0.15) is 25.7 Å². The molecule has 3 rings (SSSR count). The topological polar surface area (TPSA) is 67.9 Å². The average molecular weight is 223 g/mol. The Labute approximate surface area is 94.6 Å². The number of aliphatic imine (C=N–C) groups is 1. The van der Waals surface area contributed by atoms with E-state index < -0.39 is 0 Å². The van der Waals surface area contributed by atoms with E-state index >= 15 is 0 Å². The Bertz CT molecular complexity index is 343. The van der Waals surface area contributed by atoms with E-state index in [0.717, 1.165) is 19.4 Å². The van der Waals surface area contributed by atoms with Gasteiger partial charge in [-0.15, -0.1) is 0 Å². The maximum absolute atomic E-state index is 11.8. The Morgan fingerprint density at radius 3 is 2.75 bits per heavy atom. The SMILES string of the molecule is NC1=NC(=O)N(CC2CC2)C12CCOCC2. The molecule has 2 fully saturated rings. The molecular weight excluding hydrogens is 206 g/mol. The molecule has 5 heteroatoms. The first-order chi connectivity index (χ1) is 7.72. The predicted octanol–water partition coefficient (Wildman–Crippen LogP) is 0.738. The average Bonchev–Trinajstić information content (AvgIpc) is 3.06. The first kappa shape index (κ1) is 10.1. The number of amidine groups is 1.